The molecule has 3 rings (SSSR count). The van der Waals surface area contributed by atoms with E-state index < -0.39 is 0 Å². The second kappa shape index (κ2) is 11.6. The van der Waals surface area contributed by atoms with Crippen molar-refractivity contribution in [1.29, 1.82) is 0 Å². The normalized spacial score (nSPS) is 23.6. The van der Waals surface area contributed by atoms with Crippen LogP contribution in [-0.2, 0) is 4.74 Å². The molecule has 8 heteroatoms. The molecule has 3 atom stereocenters. The maximum atomic E-state index is 11.9. The molecule has 2 fully saturated rings. The predicted molar refractivity (Wildman–Crippen MR) is 123 cm³/mol. The van der Waals surface area contributed by atoms with Gasteiger partial charge in [-0.15, -0.1) is 11.3 Å². The Hall–Kier alpha value is -1.80. The van der Waals surface area contributed by atoms with Gasteiger partial charge in [-0.1, -0.05) is 6.07 Å². The number of piperidine rings is 1. The lowest BCUT2D eigenvalue weighted by Gasteiger charge is -2.39. The van der Waals surface area contributed by atoms with Gasteiger partial charge in [-0.2, -0.15) is 0 Å². The van der Waals surface area contributed by atoms with Crippen molar-refractivity contribution in [1.82, 2.24) is 20.9 Å². The van der Waals surface area contributed by atoms with Crippen LogP contribution in [0.25, 0.3) is 0 Å². The van der Waals surface area contributed by atoms with Gasteiger partial charge in [0.25, 0.3) is 0 Å². The van der Waals surface area contributed by atoms with Gasteiger partial charge in [-0.3, -0.25) is 9.89 Å². The summed E-state index contributed by atoms with van der Waals surface area (Å²) in [7, 11) is 2.23. The van der Waals surface area contributed by atoms with Gasteiger partial charge < -0.3 is 20.7 Å². The Labute approximate surface area is 184 Å². The molecule has 0 bridgehead atoms. The average Bonchev–Trinajstić information content (AvgIpc) is 3.44. The number of aliphatic imine (C=N–C) groups is 1. The summed E-state index contributed by atoms with van der Waals surface area (Å²) in [5, 5.41) is 12.1. The van der Waals surface area contributed by atoms with E-state index in [1.54, 1.807) is 0 Å². The number of amides is 1. The molecule has 2 heterocycles. The molecule has 1 aromatic heterocycles. The van der Waals surface area contributed by atoms with Crippen LogP contribution >= 0.6 is 11.3 Å². The van der Waals surface area contributed by atoms with Gasteiger partial charge in [0.1, 0.15) is 0 Å². The molecule has 1 saturated heterocycles. The lowest BCUT2D eigenvalue weighted by atomic mass is 9.88. The Morgan fingerprint density at radius 1 is 1.33 bits per heavy atom. The van der Waals surface area contributed by atoms with Gasteiger partial charge in [0.15, 0.2) is 5.96 Å². The molecular formula is C22H37N5O2S. The zero-order chi connectivity index (χ0) is 21.3. The molecule has 0 aromatic carbocycles. The summed E-state index contributed by atoms with van der Waals surface area (Å²) in [5.41, 5.74) is 0. The Kier molecular flexibility index (Phi) is 8.81. The van der Waals surface area contributed by atoms with E-state index in [0.717, 1.165) is 38.4 Å². The number of hydrogen-bond donors (Lipinski definition) is 3. The van der Waals surface area contributed by atoms with E-state index in [1.807, 2.05) is 18.3 Å². The molecule has 0 spiro atoms. The molecule has 1 aliphatic heterocycles. The maximum absolute atomic E-state index is 11.9. The number of hydrogen-bond acceptors (Lipinski definition) is 5. The summed E-state index contributed by atoms with van der Waals surface area (Å²) in [6.07, 6.45) is 4.40. The quantitative estimate of drug-likeness (QED) is 0.410. The number of guanidine groups is 1. The Balaban J connectivity index is 1.59. The highest BCUT2D eigenvalue weighted by Crippen LogP contribution is 2.36. The van der Waals surface area contributed by atoms with Crippen molar-refractivity contribution >= 4 is 23.4 Å². The third-order valence-corrected chi connectivity index (χ3v) is 6.88. The number of ether oxygens (including phenoxy) is 1. The fourth-order valence-corrected chi connectivity index (χ4v) is 5.26. The third-order valence-electron chi connectivity index (χ3n) is 5.93. The lowest BCUT2D eigenvalue weighted by Crippen LogP contribution is -2.46. The summed E-state index contributed by atoms with van der Waals surface area (Å²) >= 11 is 1.85. The van der Waals surface area contributed by atoms with E-state index >= 15 is 0 Å². The molecule has 3 N–H and O–H groups in total. The molecule has 7 nitrogen and oxygen atoms in total. The second-order valence-corrected chi connectivity index (χ2v) is 9.23. The third kappa shape index (κ3) is 6.60. The zero-order valence-corrected chi connectivity index (χ0v) is 19.3. The summed E-state index contributed by atoms with van der Waals surface area (Å²) in [6, 6.07) is 4.90. The van der Waals surface area contributed by atoms with Gasteiger partial charge in [0.2, 0.25) is 0 Å². The molecular weight excluding hydrogens is 398 g/mol. The van der Waals surface area contributed by atoms with Crippen LogP contribution < -0.4 is 16.0 Å². The summed E-state index contributed by atoms with van der Waals surface area (Å²) < 4.78 is 5.06. The molecule has 30 heavy (non-hydrogen) atoms. The molecule has 1 saturated carbocycles. The van der Waals surface area contributed by atoms with E-state index in [9.17, 15) is 4.79 Å². The summed E-state index contributed by atoms with van der Waals surface area (Å²) in [5.74, 6) is 1.88. The number of thiophene rings is 1. The maximum Gasteiger partial charge on any atom is 0.407 e. The van der Waals surface area contributed by atoms with Gasteiger partial charge in [0, 0.05) is 24.0 Å². The van der Waals surface area contributed by atoms with Crippen molar-refractivity contribution in [2.24, 2.45) is 16.8 Å². The fraction of sp³-hybridized carbons (Fsp3) is 0.727. The number of nitrogens with zero attached hydrogens (tertiary/aromatic N) is 2. The van der Waals surface area contributed by atoms with Crippen molar-refractivity contribution in [3.8, 4) is 0 Å². The van der Waals surface area contributed by atoms with Gasteiger partial charge in [0.05, 0.1) is 19.2 Å². The monoisotopic (exact) mass is 435 g/mol. The number of likely N-dealkylation sites (tertiary alicyclic amines) is 1. The smallest absolute Gasteiger partial charge is 0.407 e. The van der Waals surface area contributed by atoms with Crippen molar-refractivity contribution in [2.45, 2.75) is 51.6 Å². The highest BCUT2D eigenvalue weighted by molar-refractivity contribution is 7.10. The highest BCUT2D eigenvalue weighted by atomic mass is 32.1. The number of alkyl carbamates (subject to hydrolysis) is 1. The first kappa shape index (κ1) is 22.9. The standard InChI is InChI=1S/C22H37N5O2S/c1-4-23-21(25-15-18(16-10-11-16)26-22(28)29-5-2)24-14-17-8-6-12-27(3)20(17)19-9-7-13-30-19/h7,9,13,16-18,20H,4-6,8,10-12,14-15H2,1-3H3,(H,26,28)(H2,23,24,25). The summed E-state index contributed by atoms with van der Waals surface area (Å²) in [4.78, 5) is 20.6. The van der Waals surface area contributed by atoms with E-state index in [4.69, 9.17) is 9.73 Å². The topological polar surface area (TPSA) is 78.0 Å². The number of rotatable bonds is 9. The van der Waals surface area contributed by atoms with E-state index in [2.05, 4.69) is 52.3 Å². The number of carbonyl (C=O) groups excluding carboxylic acids is 1. The van der Waals surface area contributed by atoms with E-state index in [1.165, 1.54) is 17.7 Å². The van der Waals surface area contributed by atoms with Crippen molar-refractivity contribution < 1.29 is 9.53 Å². The fourth-order valence-electron chi connectivity index (χ4n) is 4.28. The Morgan fingerprint density at radius 3 is 2.83 bits per heavy atom. The van der Waals surface area contributed by atoms with Crippen LogP contribution in [0.5, 0.6) is 0 Å². The van der Waals surface area contributed by atoms with Crippen LogP contribution in [0.2, 0.25) is 0 Å². The zero-order valence-electron chi connectivity index (χ0n) is 18.5. The first-order valence-electron chi connectivity index (χ1n) is 11.3. The second-order valence-electron chi connectivity index (χ2n) is 8.25. The highest BCUT2D eigenvalue weighted by Gasteiger charge is 2.33. The first-order valence-corrected chi connectivity index (χ1v) is 12.2. The number of carbonyl (C=O) groups is 1. The van der Waals surface area contributed by atoms with Crippen LogP contribution in [0, 0.1) is 11.8 Å². The predicted octanol–water partition coefficient (Wildman–Crippen LogP) is 3.21. The van der Waals surface area contributed by atoms with Gasteiger partial charge in [-0.25, -0.2) is 4.79 Å². The largest absolute Gasteiger partial charge is 0.450 e. The van der Waals surface area contributed by atoms with Gasteiger partial charge >= 0.3 is 6.09 Å². The molecule has 2 aliphatic rings. The van der Waals surface area contributed by atoms with E-state index in [0.29, 0.717) is 31.0 Å². The average molecular weight is 436 g/mol. The lowest BCUT2D eigenvalue weighted by molar-refractivity contribution is 0.125. The molecule has 1 aliphatic carbocycles. The van der Waals surface area contributed by atoms with Crippen LogP contribution in [-0.4, -0.2) is 62.8 Å². The minimum atomic E-state index is -0.341. The van der Waals surface area contributed by atoms with Crippen molar-refractivity contribution in [3.63, 3.8) is 0 Å². The number of nitrogens with one attached hydrogen (secondary N) is 3. The van der Waals surface area contributed by atoms with Crippen LogP contribution in [0.1, 0.15) is 50.4 Å². The molecule has 3 unspecified atom stereocenters. The molecule has 0 radical (unpaired) electrons. The summed E-state index contributed by atoms with van der Waals surface area (Å²) in [6.45, 7) is 7.70. The SMILES string of the molecule is CCNC(=NCC(NC(=O)OCC)C1CC1)NCC1CCCN(C)C1c1cccs1. The van der Waals surface area contributed by atoms with Gasteiger partial charge in [-0.05, 0) is 76.4 Å². The van der Waals surface area contributed by atoms with Crippen LogP contribution in [0.3, 0.4) is 0 Å². The first-order chi connectivity index (χ1) is 14.6. The molecule has 1 amide bonds. The minimum absolute atomic E-state index is 0.0409. The van der Waals surface area contributed by atoms with Crippen LogP contribution in [0.15, 0.2) is 22.5 Å². The van der Waals surface area contributed by atoms with Crippen molar-refractivity contribution in [2.75, 3.05) is 39.8 Å². The Bertz CT molecular complexity index is 677. The molecule has 1 aromatic rings. The Morgan fingerprint density at radius 2 is 2.17 bits per heavy atom. The van der Waals surface area contributed by atoms with Crippen LogP contribution in [0.4, 0.5) is 4.79 Å². The minimum Gasteiger partial charge on any atom is -0.450 e. The molecule has 168 valence electrons. The van der Waals surface area contributed by atoms with Crippen molar-refractivity contribution in [3.05, 3.63) is 22.4 Å². The van der Waals surface area contributed by atoms with E-state index in [-0.39, 0.29) is 12.1 Å².